The van der Waals surface area contributed by atoms with Crippen LogP contribution in [0.2, 0.25) is 0 Å². The van der Waals surface area contributed by atoms with Gasteiger partial charge in [0.05, 0.1) is 0 Å². The predicted octanol–water partition coefficient (Wildman–Crippen LogP) is 4.84. The summed E-state index contributed by atoms with van der Waals surface area (Å²) in [7, 11) is -1.71. The van der Waals surface area contributed by atoms with E-state index in [0.717, 1.165) is 11.1 Å². The molecule has 0 spiro atoms. The lowest BCUT2D eigenvalue weighted by molar-refractivity contribution is 0.498. The third kappa shape index (κ3) is 3.57. The van der Waals surface area contributed by atoms with Gasteiger partial charge in [0.25, 0.3) is 0 Å². The number of hydrogen-bond donors (Lipinski definition) is 1. The first-order valence-electron chi connectivity index (χ1n) is 5.64. The molecule has 2 rings (SSSR count). The Morgan fingerprint density at radius 3 is 1.67 bits per heavy atom. The number of nitrogens with one attached hydrogen (secondary N) is 1. The van der Waals surface area contributed by atoms with E-state index in [1.54, 1.807) is 0 Å². The van der Waals surface area contributed by atoms with Crippen LogP contribution in [-0.2, 0) is 0 Å². The Bertz CT molecular complexity index is 520. The van der Waals surface area contributed by atoms with Crippen molar-refractivity contribution in [2.75, 3.05) is 0 Å². The fraction of sp³-hybridized carbons (Fsp3) is 0.143. The van der Waals surface area contributed by atoms with Crippen molar-refractivity contribution in [2.24, 2.45) is 0 Å². The molecule has 0 saturated carbocycles. The first-order chi connectivity index (χ1) is 8.63. The minimum atomic E-state index is -1.71. The molecule has 4 heteroatoms. The summed E-state index contributed by atoms with van der Waals surface area (Å²) in [4.78, 5) is 0. The standard InChI is InChI=1S/C14H15NO2P/c1-11-5-3-7-13(9-11)16-18(15)17-14-8-4-6-12(2)10-14/h3-10,15H,1-2H3/q+1. The van der Waals surface area contributed by atoms with Gasteiger partial charge in [-0.15, -0.1) is 0 Å². The Kier molecular flexibility index (Phi) is 3.96. The van der Waals surface area contributed by atoms with Crippen LogP contribution in [0.1, 0.15) is 11.1 Å². The molecule has 0 amide bonds. The quantitative estimate of drug-likeness (QED) is 0.799. The molecule has 0 unspecified atom stereocenters. The zero-order valence-electron chi connectivity index (χ0n) is 10.4. The molecular formula is C14H15NO2P+. The topological polar surface area (TPSA) is 42.3 Å². The fourth-order valence-corrected chi connectivity index (χ4v) is 2.20. The molecule has 0 aliphatic heterocycles. The number of benzene rings is 2. The predicted molar refractivity (Wildman–Crippen MR) is 73.3 cm³/mol. The van der Waals surface area contributed by atoms with Crippen LogP contribution in [0.25, 0.3) is 0 Å². The van der Waals surface area contributed by atoms with E-state index in [2.05, 4.69) is 0 Å². The second-order valence-corrected chi connectivity index (χ2v) is 4.95. The molecule has 2 aromatic carbocycles. The fourth-order valence-electron chi connectivity index (χ4n) is 1.55. The molecule has 18 heavy (non-hydrogen) atoms. The van der Waals surface area contributed by atoms with Crippen molar-refractivity contribution in [2.45, 2.75) is 13.8 Å². The third-order valence-corrected chi connectivity index (χ3v) is 3.11. The van der Waals surface area contributed by atoms with Crippen LogP contribution < -0.4 is 9.05 Å². The number of aryl methyl sites for hydroxylation is 2. The van der Waals surface area contributed by atoms with Crippen molar-refractivity contribution in [1.82, 2.24) is 0 Å². The largest absolute Gasteiger partial charge is 0.664 e. The van der Waals surface area contributed by atoms with Crippen LogP contribution in [0.15, 0.2) is 48.5 Å². The summed E-state index contributed by atoms with van der Waals surface area (Å²) in [5, 5.41) is 7.81. The Hall–Kier alpha value is -1.86. The van der Waals surface area contributed by atoms with Gasteiger partial charge in [-0.1, -0.05) is 24.3 Å². The zero-order chi connectivity index (χ0) is 13.0. The monoisotopic (exact) mass is 260 g/mol. The van der Waals surface area contributed by atoms with Crippen LogP contribution in [0.3, 0.4) is 0 Å². The Morgan fingerprint density at radius 2 is 1.28 bits per heavy atom. The summed E-state index contributed by atoms with van der Waals surface area (Å²) in [6, 6.07) is 15.2. The number of hydrogen-bond acceptors (Lipinski definition) is 3. The lowest BCUT2D eigenvalue weighted by Gasteiger charge is -1.98. The molecule has 3 nitrogen and oxygen atoms in total. The maximum Gasteiger partial charge on any atom is 0.664 e. The second-order valence-electron chi connectivity index (χ2n) is 4.07. The van der Waals surface area contributed by atoms with Gasteiger partial charge in [-0.3, -0.25) is 0 Å². The Labute approximate surface area is 108 Å². The van der Waals surface area contributed by atoms with E-state index in [-0.39, 0.29) is 0 Å². The van der Waals surface area contributed by atoms with Gasteiger partial charge in [0.15, 0.2) is 11.5 Å². The molecule has 0 radical (unpaired) electrons. The van der Waals surface area contributed by atoms with E-state index in [1.165, 1.54) is 0 Å². The summed E-state index contributed by atoms with van der Waals surface area (Å²) in [5.41, 5.74) is 2.21. The molecular weight excluding hydrogens is 245 g/mol. The van der Waals surface area contributed by atoms with E-state index < -0.39 is 8.17 Å². The highest BCUT2D eigenvalue weighted by Crippen LogP contribution is 2.31. The molecule has 92 valence electrons. The van der Waals surface area contributed by atoms with E-state index in [4.69, 9.17) is 14.2 Å². The van der Waals surface area contributed by atoms with Crippen molar-refractivity contribution in [3.8, 4) is 11.5 Å². The highest BCUT2D eigenvalue weighted by atomic mass is 31.1. The molecule has 0 aliphatic rings. The molecule has 1 N–H and O–H groups in total. The SMILES string of the molecule is Cc1cccc(O[P+](=N)Oc2cccc(C)c2)c1. The summed E-state index contributed by atoms with van der Waals surface area (Å²) >= 11 is 0. The normalized spacial score (nSPS) is 9.89. The van der Waals surface area contributed by atoms with Crippen molar-refractivity contribution in [3.63, 3.8) is 0 Å². The summed E-state index contributed by atoms with van der Waals surface area (Å²) in [5.74, 6) is 1.34. The van der Waals surface area contributed by atoms with Gasteiger partial charge in [0.2, 0.25) is 0 Å². The van der Waals surface area contributed by atoms with Crippen molar-refractivity contribution < 1.29 is 9.05 Å². The minimum absolute atomic E-state index is 0.670. The van der Waals surface area contributed by atoms with E-state index >= 15 is 0 Å². The van der Waals surface area contributed by atoms with Crippen LogP contribution >= 0.6 is 8.17 Å². The molecule has 0 aliphatic carbocycles. The van der Waals surface area contributed by atoms with E-state index in [1.807, 2.05) is 62.4 Å². The van der Waals surface area contributed by atoms with Crippen LogP contribution in [0, 0.1) is 19.0 Å². The van der Waals surface area contributed by atoms with Gasteiger partial charge in [0.1, 0.15) is 0 Å². The van der Waals surface area contributed by atoms with E-state index in [9.17, 15) is 0 Å². The minimum Gasteiger partial charge on any atom is -0.236 e. The van der Waals surface area contributed by atoms with Crippen LogP contribution in [0.4, 0.5) is 0 Å². The first kappa shape index (κ1) is 12.6. The summed E-state index contributed by atoms with van der Waals surface area (Å²) in [6.07, 6.45) is 0. The maximum atomic E-state index is 7.81. The Balaban J connectivity index is 2.01. The number of rotatable bonds is 4. The zero-order valence-corrected chi connectivity index (χ0v) is 11.3. The molecule has 0 atom stereocenters. The maximum absolute atomic E-state index is 7.81. The molecule has 0 aromatic heterocycles. The lowest BCUT2D eigenvalue weighted by atomic mass is 10.2. The molecule has 2 aromatic rings. The third-order valence-electron chi connectivity index (χ3n) is 2.36. The van der Waals surface area contributed by atoms with Crippen LogP contribution in [-0.4, -0.2) is 0 Å². The van der Waals surface area contributed by atoms with Gasteiger partial charge in [0, 0.05) is 0 Å². The van der Waals surface area contributed by atoms with Crippen molar-refractivity contribution in [1.29, 1.82) is 5.16 Å². The Morgan fingerprint density at radius 1 is 0.833 bits per heavy atom. The van der Waals surface area contributed by atoms with Gasteiger partial charge >= 0.3 is 8.17 Å². The molecule has 0 saturated heterocycles. The van der Waals surface area contributed by atoms with E-state index in [0.29, 0.717) is 11.5 Å². The van der Waals surface area contributed by atoms with Gasteiger partial charge in [-0.2, -0.15) is 0 Å². The average Bonchev–Trinajstić information content (AvgIpc) is 2.28. The molecule has 0 fully saturated rings. The van der Waals surface area contributed by atoms with Gasteiger partial charge in [-0.05, 0) is 54.4 Å². The molecule has 0 bridgehead atoms. The van der Waals surface area contributed by atoms with Crippen LogP contribution in [0.5, 0.6) is 11.5 Å². The second kappa shape index (κ2) is 5.65. The van der Waals surface area contributed by atoms with Gasteiger partial charge < -0.3 is 0 Å². The van der Waals surface area contributed by atoms with Crippen molar-refractivity contribution >= 4 is 8.17 Å². The smallest absolute Gasteiger partial charge is 0.236 e. The lowest BCUT2D eigenvalue weighted by Crippen LogP contribution is -1.89. The highest BCUT2D eigenvalue weighted by Gasteiger charge is 2.18. The summed E-state index contributed by atoms with van der Waals surface area (Å²) in [6.45, 7) is 3.97. The summed E-state index contributed by atoms with van der Waals surface area (Å²) < 4.78 is 10.9. The first-order valence-corrected chi connectivity index (χ1v) is 6.82. The van der Waals surface area contributed by atoms with Gasteiger partial charge in [-0.25, -0.2) is 9.05 Å². The van der Waals surface area contributed by atoms with Crippen molar-refractivity contribution in [3.05, 3.63) is 59.7 Å². The highest BCUT2D eigenvalue weighted by molar-refractivity contribution is 7.35. The molecule has 0 heterocycles. The average molecular weight is 260 g/mol.